The van der Waals surface area contributed by atoms with Gasteiger partial charge in [0.2, 0.25) is 5.91 Å². The Kier molecular flexibility index (Phi) is 6.97. The average Bonchev–Trinajstić information content (AvgIpc) is 2.59. The molecule has 1 fully saturated rings. The van der Waals surface area contributed by atoms with Crippen LogP contribution in [-0.2, 0) is 4.79 Å². The zero-order valence-corrected chi connectivity index (χ0v) is 15.5. The van der Waals surface area contributed by atoms with E-state index in [1.54, 1.807) is 11.8 Å². The summed E-state index contributed by atoms with van der Waals surface area (Å²) in [5, 5.41) is 5.95. The van der Waals surface area contributed by atoms with Gasteiger partial charge in [0.15, 0.2) is 0 Å². The Labute approximate surface area is 148 Å². The summed E-state index contributed by atoms with van der Waals surface area (Å²) in [4.78, 5) is 27.2. The number of rotatable bonds is 5. The minimum atomic E-state index is -0.0619. The first kappa shape index (κ1) is 18.6. The smallest absolute Gasteiger partial charge is 0.321 e. The fourth-order valence-electron chi connectivity index (χ4n) is 2.77. The largest absolute Gasteiger partial charge is 0.356 e. The average molecular weight is 350 g/mol. The second-order valence-corrected chi connectivity index (χ2v) is 7.40. The zero-order valence-electron chi connectivity index (χ0n) is 14.7. The number of nitrogens with one attached hydrogen (secondary N) is 2. The molecule has 0 aliphatic carbocycles. The quantitative estimate of drug-likeness (QED) is 0.801. The second kappa shape index (κ2) is 8.97. The summed E-state index contributed by atoms with van der Waals surface area (Å²) in [7, 11) is 0. The van der Waals surface area contributed by atoms with E-state index in [4.69, 9.17) is 0 Å². The summed E-state index contributed by atoms with van der Waals surface area (Å²) >= 11 is 1.65. The number of hydrogen-bond donors (Lipinski definition) is 2. The Balaban J connectivity index is 1.86. The van der Waals surface area contributed by atoms with Crippen molar-refractivity contribution in [2.45, 2.75) is 31.6 Å². The first-order chi connectivity index (χ1) is 11.5. The fraction of sp³-hybridized carbons (Fsp3) is 0.556. The van der Waals surface area contributed by atoms with E-state index in [0.717, 1.165) is 30.0 Å². The minimum Gasteiger partial charge on any atom is -0.356 e. The number of likely N-dealkylation sites (tertiary alicyclic amines) is 1. The predicted molar refractivity (Wildman–Crippen MR) is 99.4 cm³/mol. The molecule has 2 N–H and O–H groups in total. The summed E-state index contributed by atoms with van der Waals surface area (Å²) in [6, 6.07) is 7.79. The molecule has 1 aromatic rings. The lowest BCUT2D eigenvalue weighted by molar-refractivity contribution is -0.124. The molecule has 1 heterocycles. The number of amides is 3. The number of anilines is 1. The number of hydrogen-bond acceptors (Lipinski definition) is 3. The summed E-state index contributed by atoms with van der Waals surface area (Å²) in [5.41, 5.74) is 0.821. The zero-order chi connectivity index (χ0) is 17.5. The summed E-state index contributed by atoms with van der Waals surface area (Å²) in [5.74, 6) is 0.395. The van der Waals surface area contributed by atoms with E-state index in [1.807, 2.05) is 49.3 Å². The summed E-state index contributed by atoms with van der Waals surface area (Å²) < 4.78 is 0. The van der Waals surface area contributed by atoms with E-state index in [-0.39, 0.29) is 17.9 Å². The van der Waals surface area contributed by atoms with Crippen molar-refractivity contribution in [1.29, 1.82) is 0 Å². The molecule has 3 amide bonds. The number of benzene rings is 1. The summed E-state index contributed by atoms with van der Waals surface area (Å²) in [6.45, 7) is 5.87. The van der Waals surface area contributed by atoms with Crippen LogP contribution in [0.3, 0.4) is 0 Å². The molecule has 0 bridgehead atoms. The van der Waals surface area contributed by atoms with Gasteiger partial charge in [-0.15, -0.1) is 11.8 Å². The Morgan fingerprint density at radius 2 is 2.17 bits per heavy atom. The van der Waals surface area contributed by atoms with E-state index in [0.29, 0.717) is 19.0 Å². The van der Waals surface area contributed by atoms with Gasteiger partial charge in [-0.25, -0.2) is 4.79 Å². The number of urea groups is 1. The molecule has 1 unspecified atom stereocenters. The monoisotopic (exact) mass is 349 g/mol. The molecule has 0 spiro atoms. The van der Waals surface area contributed by atoms with Gasteiger partial charge in [-0.3, -0.25) is 4.79 Å². The molecule has 0 radical (unpaired) electrons. The number of nitrogens with zero attached hydrogens (tertiary/aromatic N) is 1. The molecular formula is C18H27N3O2S. The SMILES string of the molecule is CSc1cccc(NC(=O)N2CCCC(CNC(=O)C(C)C)C2)c1. The van der Waals surface area contributed by atoms with Crippen LogP contribution in [0, 0.1) is 11.8 Å². The van der Waals surface area contributed by atoms with E-state index < -0.39 is 0 Å². The van der Waals surface area contributed by atoms with Crippen LogP contribution in [0.2, 0.25) is 0 Å². The van der Waals surface area contributed by atoms with Gasteiger partial charge in [0.05, 0.1) is 0 Å². The van der Waals surface area contributed by atoms with Gasteiger partial charge in [-0.05, 0) is 43.2 Å². The molecule has 1 atom stereocenters. The first-order valence-corrected chi connectivity index (χ1v) is 9.69. The van der Waals surface area contributed by atoms with Gasteiger partial charge in [0, 0.05) is 36.1 Å². The molecule has 1 saturated heterocycles. The van der Waals surface area contributed by atoms with E-state index in [9.17, 15) is 9.59 Å². The molecule has 1 aliphatic rings. The normalized spacial score (nSPS) is 17.7. The van der Waals surface area contributed by atoms with Gasteiger partial charge in [-0.1, -0.05) is 19.9 Å². The maximum Gasteiger partial charge on any atom is 0.321 e. The second-order valence-electron chi connectivity index (χ2n) is 6.52. The van der Waals surface area contributed by atoms with Crippen molar-refractivity contribution in [3.63, 3.8) is 0 Å². The van der Waals surface area contributed by atoms with Gasteiger partial charge in [0.25, 0.3) is 0 Å². The van der Waals surface area contributed by atoms with Crippen LogP contribution in [0.25, 0.3) is 0 Å². The summed E-state index contributed by atoms with van der Waals surface area (Å²) in [6.07, 6.45) is 4.03. The third-order valence-corrected chi connectivity index (χ3v) is 4.94. The fourth-order valence-corrected chi connectivity index (χ4v) is 3.23. The van der Waals surface area contributed by atoms with E-state index >= 15 is 0 Å². The molecule has 0 saturated carbocycles. The molecule has 6 heteroatoms. The Morgan fingerprint density at radius 3 is 2.88 bits per heavy atom. The maximum atomic E-state index is 12.5. The van der Waals surface area contributed by atoms with Gasteiger partial charge in [0.1, 0.15) is 0 Å². The molecule has 5 nitrogen and oxygen atoms in total. The van der Waals surface area contributed by atoms with E-state index in [2.05, 4.69) is 10.6 Å². The molecule has 0 aromatic heterocycles. The highest BCUT2D eigenvalue weighted by molar-refractivity contribution is 7.98. The highest BCUT2D eigenvalue weighted by atomic mass is 32.2. The van der Waals surface area contributed by atoms with Crippen molar-refractivity contribution < 1.29 is 9.59 Å². The third kappa shape index (κ3) is 5.44. The van der Waals surface area contributed by atoms with Crippen molar-refractivity contribution in [2.24, 2.45) is 11.8 Å². The first-order valence-electron chi connectivity index (χ1n) is 8.47. The van der Waals surface area contributed by atoms with Crippen molar-refractivity contribution in [3.8, 4) is 0 Å². The van der Waals surface area contributed by atoms with Gasteiger partial charge in [-0.2, -0.15) is 0 Å². The maximum absolute atomic E-state index is 12.5. The molecule has 1 aliphatic heterocycles. The Bertz CT molecular complexity index is 577. The number of carbonyl (C=O) groups excluding carboxylic acids is 2. The number of carbonyl (C=O) groups is 2. The van der Waals surface area contributed by atoms with Crippen LogP contribution in [0.4, 0.5) is 10.5 Å². The van der Waals surface area contributed by atoms with Gasteiger partial charge < -0.3 is 15.5 Å². The van der Waals surface area contributed by atoms with Crippen LogP contribution in [0.5, 0.6) is 0 Å². The molecular weight excluding hydrogens is 322 g/mol. The van der Waals surface area contributed by atoms with Crippen molar-refractivity contribution in [3.05, 3.63) is 24.3 Å². The van der Waals surface area contributed by atoms with E-state index in [1.165, 1.54) is 0 Å². The van der Waals surface area contributed by atoms with Crippen molar-refractivity contribution in [1.82, 2.24) is 10.2 Å². The lowest BCUT2D eigenvalue weighted by Gasteiger charge is -2.33. The Morgan fingerprint density at radius 1 is 1.38 bits per heavy atom. The molecule has 24 heavy (non-hydrogen) atoms. The topological polar surface area (TPSA) is 61.4 Å². The van der Waals surface area contributed by atoms with Crippen LogP contribution in [0.15, 0.2) is 29.2 Å². The highest BCUT2D eigenvalue weighted by Gasteiger charge is 2.24. The standard InChI is InChI=1S/C18H27N3O2S/c1-13(2)17(22)19-11-14-6-5-9-21(12-14)18(23)20-15-7-4-8-16(10-15)24-3/h4,7-8,10,13-14H,5-6,9,11-12H2,1-3H3,(H,19,22)(H,20,23). The van der Waals surface area contributed by atoms with Crippen molar-refractivity contribution in [2.75, 3.05) is 31.2 Å². The van der Waals surface area contributed by atoms with Crippen LogP contribution in [0.1, 0.15) is 26.7 Å². The highest BCUT2D eigenvalue weighted by Crippen LogP contribution is 2.21. The van der Waals surface area contributed by atoms with Crippen LogP contribution in [-0.4, -0.2) is 42.7 Å². The minimum absolute atomic E-state index is 0.00305. The number of thioether (sulfide) groups is 1. The third-order valence-electron chi connectivity index (χ3n) is 4.22. The number of piperidine rings is 1. The molecule has 2 rings (SSSR count). The van der Waals surface area contributed by atoms with Crippen LogP contribution >= 0.6 is 11.8 Å². The molecule has 1 aromatic carbocycles. The van der Waals surface area contributed by atoms with Crippen LogP contribution < -0.4 is 10.6 Å². The van der Waals surface area contributed by atoms with Crippen molar-refractivity contribution >= 4 is 29.4 Å². The Hall–Kier alpha value is -1.69. The van der Waals surface area contributed by atoms with Gasteiger partial charge >= 0.3 is 6.03 Å². The lowest BCUT2D eigenvalue weighted by Crippen LogP contribution is -2.45. The molecule has 132 valence electrons. The predicted octanol–water partition coefficient (Wildman–Crippen LogP) is 3.42. The lowest BCUT2D eigenvalue weighted by atomic mass is 9.98.